The first-order chi connectivity index (χ1) is 25.7. The molecule has 53 heavy (non-hydrogen) atoms. The molecule has 0 radical (unpaired) electrons. The molecule has 2 saturated heterocycles. The molecule has 276 valence electrons. The quantitative estimate of drug-likeness (QED) is 0.156. The molecule has 2 amide bonds. The summed E-state index contributed by atoms with van der Waals surface area (Å²) < 4.78 is 6.98. The van der Waals surface area contributed by atoms with Crippen LogP contribution in [-0.4, -0.2) is 81.3 Å². The van der Waals surface area contributed by atoms with E-state index >= 15 is 0 Å². The van der Waals surface area contributed by atoms with Crippen LogP contribution in [0.1, 0.15) is 60.0 Å². The Balaban J connectivity index is 1.13. The summed E-state index contributed by atoms with van der Waals surface area (Å²) in [4.78, 5) is 53.0. The predicted molar refractivity (Wildman–Crippen MR) is 206 cm³/mol. The summed E-state index contributed by atoms with van der Waals surface area (Å²) >= 11 is 0. The van der Waals surface area contributed by atoms with Crippen molar-refractivity contribution in [3.63, 3.8) is 0 Å². The topological polar surface area (TPSA) is 154 Å². The van der Waals surface area contributed by atoms with Gasteiger partial charge in [-0.2, -0.15) is 0 Å². The maximum absolute atomic E-state index is 13.4. The highest BCUT2D eigenvalue weighted by Crippen LogP contribution is 2.40. The Labute approximate surface area is 308 Å². The number of anilines is 5. The van der Waals surface area contributed by atoms with E-state index in [9.17, 15) is 19.5 Å². The number of benzene rings is 2. The van der Waals surface area contributed by atoms with Gasteiger partial charge >= 0.3 is 0 Å². The summed E-state index contributed by atoms with van der Waals surface area (Å²) in [5.41, 5.74) is 4.58. The molecule has 4 N–H and O–H groups in total. The molecule has 2 aromatic carbocycles. The largest absolute Gasteiger partial charge is 0.392 e. The fourth-order valence-electron chi connectivity index (χ4n) is 7.33. The monoisotopic (exact) mass is 718 g/mol. The number of piperazine rings is 1. The van der Waals surface area contributed by atoms with E-state index in [0.717, 1.165) is 51.4 Å². The van der Waals surface area contributed by atoms with Crippen LogP contribution in [0.4, 0.5) is 28.7 Å². The van der Waals surface area contributed by atoms with Crippen molar-refractivity contribution < 1.29 is 19.4 Å². The smallest absolute Gasteiger partial charge is 0.293 e. The molecule has 1 atom stereocenters. The molecule has 3 fully saturated rings. The molecule has 1 aliphatic carbocycles. The van der Waals surface area contributed by atoms with Gasteiger partial charge in [-0.15, -0.1) is 0 Å². The molecular weight excluding hydrogens is 672 g/mol. The van der Waals surface area contributed by atoms with Crippen molar-refractivity contribution in [3.8, 4) is 11.3 Å². The fourth-order valence-corrected chi connectivity index (χ4v) is 7.33. The van der Waals surface area contributed by atoms with Gasteiger partial charge in [0, 0.05) is 86.8 Å². The maximum Gasteiger partial charge on any atom is 0.293 e. The minimum atomic E-state index is -0.428. The number of aliphatic hydroxyl groups excluding tert-OH is 1. The summed E-state index contributed by atoms with van der Waals surface area (Å²) in [7, 11) is 1.62. The molecule has 4 aromatic rings. The Morgan fingerprint density at radius 2 is 1.79 bits per heavy atom. The fraction of sp³-hybridized carbons (Fsp3) is 0.375. The number of pyridine rings is 1. The number of amides is 2. The van der Waals surface area contributed by atoms with Crippen molar-refractivity contribution in [2.24, 2.45) is 7.05 Å². The number of aryl methyl sites for hydroxylation is 1. The first-order valence-electron chi connectivity index (χ1n) is 18.2. The minimum absolute atomic E-state index is 0.0410. The molecule has 13 heteroatoms. The Morgan fingerprint density at radius 3 is 2.49 bits per heavy atom. The number of aliphatic hydroxyl groups is 1. The molecule has 7 rings (SSSR count). The number of nitrogens with one attached hydrogen (secondary N) is 3. The minimum Gasteiger partial charge on any atom is -0.392 e. The van der Waals surface area contributed by atoms with Gasteiger partial charge in [0.2, 0.25) is 5.91 Å². The van der Waals surface area contributed by atoms with Gasteiger partial charge in [0.25, 0.3) is 11.5 Å². The third kappa shape index (κ3) is 8.02. The molecule has 3 aliphatic rings. The van der Waals surface area contributed by atoms with Crippen LogP contribution in [0, 0.1) is 0 Å². The standard InChI is InChI=1S/C40H46N8O5/c1-4-36(50)43-33-21-29(11-12-35(33)48-18-17-47(22-25(48)2)30-14-19-53-20-15-30)42-38-40(52)46(3)23-34(44-38)31-13-16-41-37(32(31)24-49)45-39(51)28-9-7-27(8-10-28)26-5-6-26/h4,7-13,16,21,23,25-26,30,49H,1,5-6,14-15,17-20,22,24H2,2-3H3,(H,42,44)(H,43,50)(H,41,45,51)/t25-/m0/s1. The zero-order valence-electron chi connectivity index (χ0n) is 30.2. The van der Waals surface area contributed by atoms with Gasteiger partial charge in [-0.3, -0.25) is 19.3 Å². The average molecular weight is 719 g/mol. The van der Waals surface area contributed by atoms with E-state index < -0.39 is 6.61 Å². The van der Waals surface area contributed by atoms with Crippen LogP contribution in [0.25, 0.3) is 11.3 Å². The number of ether oxygens (including phenoxy) is 1. The highest BCUT2D eigenvalue weighted by Gasteiger charge is 2.31. The molecule has 2 aromatic heterocycles. The first kappa shape index (κ1) is 36.0. The number of hydrogen-bond donors (Lipinski definition) is 4. The predicted octanol–water partition coefficient (Wildman–Crippen LogP) is 5.02. The van der Waals surface area contributed by atoms with Gasteiger partial charge in [0.15, 0.2) is 5.82 Å². The molecule has 0 unspecified atom stereocenters. The lowest BCUT2D eigenvalue weighted by atomic mass is 10.0. The van der Waals surface area contributed by atoms with Crippen molar-refractivity contribution >= 4 is 40.5 Å². The number of rotatable bonds is 11. The van der Waals surface area contributed by atoms with Crippen molar-refractivity contribution in [2.45, 2.75) is 57.2 Å². The SMILES string of the molecule is C=CC(=O)Nc1cc(Nc2nc(-c3ccnc(NC(=O)c4ccc(C5CC5)cc4)c3CO)cn(C)c2=O)ccc1N1CCN(C2CCOCC2)C[C@@H]1C. The van der Waals surface area contributed by atoms with Crippen LogP contribution in [0.2, 0.25) is 0 Å². The summed E-state index contributed by atoms with van der Waals surface area (Å²) in [5, 5.41) is 19.4. The van der Waals surface area contributed by atoms with Gasteiger partial charge in [0.05, 0.1) is 23.7 Å². The van der Waals surface area contributed by atoms with Crippen molar-refractivity contribution in [3.05, 3.63) is 101 Å². The Morgan fingerprint density at radius 1 is 1.02 bits per heavy atom. The maximum atomic E-state index is 13.4. The second kappa shape index (κ2) is 15.7. The zero-order chi connectivity index (χ0) is 37.1. The number of nitrogens with zero attached hydrogens (tertiary/aromatic N) is 5. The van der Waals surface area contributed by atoms with Crippen molar-refractivity contribution in [1.29, 1.82) is 0 Å². The lowest BCUT2D eigenvalue weighted by molar-refractivity contribution is -0.111. The zero-order valence-corrected chi connectivity index (χ0v) is 30.2. The van der Waals surface area contributed by atoms with Crippen LogP contribution in [0.15, 0.2) is 78.4 Å². The molecule has 13 nitrogen and oxygen atoms in total. The van der Waals surface area contributed by atoms with E-state index in [4.69, 9.17) is 4.74 Å². The lowest BCUT2D eigenvalue weighted by Gasteiger charge is -2.45. The van der Waals surface area contributed by atoms with Crippen molar-refractivity contribution in [2.75, 3.05) is 53.7 Å². The summed E-state index contributed by atoms with van der Waals surface area (Å²) in [6.45, 7) is 9.58. The van der Waals surface area contributed by atoms with E-state index in [0.29, 0.717) is 45.7 Å². The third-order valence-corrected chi connectivity index (χ3v) is 10.4. The van der Waals surface area contributed by atoms with E-state index in [1.54, 1.807) is 37.5 Å². The lowest BCUT2D eigenvalue weighted by Crippen LogP contribution is -2.56. The molecule has 4 heterocycles. The Hall–Kier alpha value is -5.37. The third-order valence-electron chi connectivity index (χ3n) is 10.4. The van der Waals surface area contributed by atoms with Crippen molar-refractivity contribution in [1.82, 2.24) is 19.4 Å². The second-order valence-electron chi connectivity index (χ2n) is 14.0. The van der Waals surface area contributed by atoms with E-state index in [1.807, 2.05) is 24.3 Å². The van der Waals surface area contributed by atoms with Crippen LogP contribution in [0.5, 0.6) is 0 Å². The molecule has 0 bridgehead atoms. The van der Waals surface area contributed by atoms with Gasteiger partial charge in [-0.25, -0.2) is 9.97 Å². The van der Waals surface area contributed by atoms with Gasteiger partial charge in [-0.05, 0) is 86.6 Å². The highest BCUT2D eigenvalue weighted by molar-refractivity contribution is 6.04. The Bertz CT molecular complexity index is 2060. The van der Waals surface area contributed by atoms with Crippen LogP contribution in [0.3, 0.4) is 0 Å². The van der Waals surface area contributed by atoms with Crippen LogP contribution in [-0.2, 0) is 23.2 Å². The molecule has 0 spiro atoms. The highest BCUT2D eigenvalue weighted by atomic mass is 16.5. The van der Waals surface area contributed by atoms with Crippen LogP contribution < -0.4 is 26.4 Å². The van der Waals surface area contributed by atoms with Gasteiger partial charge in [-0.1, -0.05) is 18.7 Å². The van der Waals surface area contributed by atoms with E-state index in [-0.39, 0.29) is 35.1 Å². The van der Waals surface area contributed by atoms with Gasteiger partial charge in [0.1, 0.15) is 5.82 Å². The number of hydrogen-bond acceptors (Lipinski definition) is 10. The molecular formula is C40H46N8O5. The van der Waals surface area contributed by atoms with Crippen LogP contribution >= 0.6 is 0 Å². The number of carbonyl (C=O) groups excluding carboxylic acids is 2. The average Bonchev–Trinajstić information content (AvgIpc) is 4.03. The number of carbonyl (C=O) groups is 2. The first-order valence-corrected chi connectivity index (χ1v) is 18.2. The normalized spacial score (nSPS) is 18.0. The summed E-state index contributed by atoms with van der Waals surface area (Å²) in [6, 6.07) is 15.5. The second-order valence-corrected chi connectivity index (χ2v) is 14.0. The van der Waals surface area contributed by atoms with E-state index in [2.05, 4.69) is 49.2 Å². The van der Waals surface area contributed by atoms with Gasteiger partial charge < -0.3 is 35.3 Å². The van der Waals surface area contributed by atoms with E-state index in [1.165, 1.54) is 35.2 Å². The molecule has 1 saturated carbocycles. The Kier molecular flexibility index (Phi) is 10.7. The summed E-state index contributed by atoms with van der Waals surface area (Å²) in [5.74, 6) is 0.130. The summed E-state index contributed by atoms with van der Waals surface area (Å²) in [6.07, 6.45) is 8.76. The number of aromatic nitrogens is 3. The molecule has 2 aliphatic heterocycles.